The van der Waals surface area contributed by atoms with Crippen molar-refractivity contribution in [1.29, 1.82) is 0 Å². The van der Waals surface area contributed by atoms with Gasteiger partial charge >= 0.3 is 0 Å². The van der Waals surface area contributed by atoms with Crippen LogP contribution in [0.2, 0.25) is 0 Å². The van der Waals surface area contributed by atoms with Gasteiger partial charge in [0.05, 0.1) is 6.04 Å². The number of aryl methyl sites for hydroxylation is 1. The molecule has 2 aromatic rings. The van der Waals surface area contributed by atoms with Gasteiger partial charge in [-0.05, 0) is 24.0 Å². The van der Waals surface area contributed by atoms with Gasteiger partial charge in [0, 0.05) is 11.8 Å². The molecule has 8 heteroatoms. The average molecular weight is 500 g/mol. The van der Waals surface area contributed by atoms with E-state index in [2.05, 4.69) is 21.2 Å². The summed E-state index contributed by atoms with van der Waals surface area (Å²) in [7, 11) is 0. The van der Waals surface area contributed by atoms with Crippen LogP contribution >= 0.6 is 15.9 Å². The number of carbonyl (C=O) groups excluding carboxylic acids is 3. The second-order valence-corrected chi connectivity index (χ2v) is 8.78. The molecule has 0 aliphatic carbocycles. The van der Waals surface area contributed by atoms with Crippen molar-refractivity contribution in [3.8, 4) is 0 Å². The number of alkyl halides is 1. The summed E-state index contributed by atoms with van der Waals surface area (Å²) < 4.78 is 5.84. The smallest absolute Gasteiger partial charge is 0.241 e. The molecule has 0 bridgehead atoms. The van der Waals surface area contributed by atoms with Crippen molar-refractivity contribution in [3.63, 3.8) is 0 Å². The molecule has 2 fully saturated rings. The molecule has 2 heterocycles. The zero-order valence-corrected chi connectivity index (χ0v) is 19.1. The maximum Gasteiger partial charge on any atom is 0.241 e. The van der Waals surface area contributed by atoms with Crippen LogP contribution in [0.15, 0.2) is 60.7 Å². The number of ether oxygens (including phenoxy) is 1. The van der Waals surface area contributed by atoms with Gasteiger partial charge < -0.3 is 15.8 Å². The first-order valence-electron chi connectivity index (χ1n) is 10.7. The van der Waals surface area contributed by atoms with Crippen LogP contribution in [-0.2, 0) is 32.0 Å². The van der Waals surface area contributed by atoms with Gasteiger partial charge in [0.15, 0.2) is 12.0 Å². The fourth-order valence-electron chi connectivity index (χ4n) is 4.23. The van der Waals surface area contributed by atoms with Crippen LogP contribution in [0.25, 0.3) is 0 Å². The van der Waals surface area contributed by atoms with Crippen molar-refractivity contribution in [1.82, 2.24) is 10.2 Å². The molecule has 168 valence electrons. The molecule has 7 nitrogen and oxygen atoms in total. The number of Topliss-reactive ketones (excluding diaryl/α,β-unsaturated/α-hetero) is 1. The molecule has 0 radical (unpaired) electrons. The third kappa shape index (κ3) is 4.62. The van der Waals surface area contributed by atoms with Gasteiger partial charge in [-0.2, -0.15) is 0 Å². The summed E-state index contributed by atoms with van der Waals surface area (Å²) in [5, 5.41) is 3.34. The standard InChI is InChI=1S/C24H26BrN3O4/c25-14-18-22(26)28-23(31)20(24(28)32-18)21(30)17(13-16-9-5-2-6-10-16)27-19(29)12-11-15-7-3-1-4-8-15/h1-10,17-18,20,22,24H,11-14,26H2,(H,27,29)/t17-,18?,20-,22?,24-/m0/s1. The summed E-state index contributed by atoms with van der Waals surface area (Å²) in [6.45, 7) is 0. The van der Waals surface area contributed by atoms with Crippen molar-refractivity contribution >= 4 is 33.5 Å². The van der Waals surface area contributed by atoms with Gasteiger partial charge in [-0.15, -0.1) is 0 Å². The third-order valence-corrected chi connectivity index (χ3v) is 6.64. The number of halogens is 1. The lowest BCUT2D eigenvalue weighted by Gasteiger charge is -2.42. The summed E-state index contributed by atoms with van der Waals surface area (Å²) in [6, 6.07) is 18.3. The predicted molar refractivity (Wildman–Crippen MR) is 123 cm³/mol. The first kappa shape index (κ1) is 22.6. The monoisotopic (exact) mass is 499 g/mol. The minimum Gasteiger partial charge on any atom is -0.349 e. The van der Waals surface area contributed by atoms with Crippen molar-refractivity contribution in [2.24, 2.45) is 11.7 Å². The van der Waals surface area contributed by atoms with Gasteiger partial charge in [0.1, 0.15) is 18.2 Å². The third-order valence-electron chi connectivity index (χ3n) is 6.00. The van der Waals surface area contributed by atoms with Crippen molar-refractivity contribution in [2.75, 3.05) is 5.33 Å². The molecule has 2 amide bonds. The van der Waals surface area contributed by atoms with E-state index in [9.17, 15) is 14.4 Å². The molecule has 0 spiro atoms. The second-order valence-electron chi connectivity index (χ2n) is 8.13. The number of rotatable bonds is 9. The average Bonchev–Trinajstić information content (AvgIpc) is 3.09. The van der Waals surface area contributed by atoms with Crippen molar-refractivity contribution < 1.29 is 19.1 Å². The maximum atomic E-state index is 13.4. The molecule has 0 saturated carbocycles. The Morgan fingerprint density at radius 1 is 1.06 bits per heavy atom. The first-order chi connectivity index (χ1) is 15.5. The van der Waals surface area contributed by atoms with Crippen molar-refractivity contribution in [2.45, 2.75) is 43.8 Å². The maximum absolute atomic E-state index is 13.4. The summed E-state index contributed by atoms with van der Waals surface area (Å²) in [5.74, 6) is -1.86. The van der Waals surface area contributed by atoms with Crippen LogP contribution in [0, 0.1) is 5.92 Å². The van der Waals surface area contributed by atoms with Gasteiger partial charge in [-0.1, -0.05) is 76.6 Å². The van der Waals surface area contributed by atoms with E-state index < -0.39 is 24.4 Å². The van der Waals surface area contributed by atoms with E-state index in [4.69, 9.17) is 10.5 Å². The number of nitrogens with two attached hydrogens (primary N) is 1. The Hall–Kier alpha value is -2.55. The molecule has 5 atom stereocenters. The molecule has 2 unspecified atom stereocenters. The van der Waals surface area contributed by atoms with E-state index in [1.54, 1.807) is 0 Å². The predicted octanol–water partition coefficient (Wildman–Crippen LogP) is 1.78. The Morgan fingerprint density at radius 2 is 1.69 bits per heavy atom. The van der Waals surface area contributed by atoms with Gasteiger partial charge in [0.2, 0.25) is 11.8 Å². The van der Waals surface area contributed by atoms with Crippen LogP contribution in [0.4, 0.5) is 0 Å². The molecule has 0 aromatic heterocycles. The lowest BCUT2D eigenvalue weighted by molar-refractivity contribution is -0.178. The number of nitrogens with zero attached hydrogens (tertiary/aromatic N) is 1. The Balaban J connectivity index is 1.46. The molecule has 32 heavy (non-hydrogen) atoms. The molecule has 2 aliphatic rings. The Kier molecular flexibility index (Phi) is 7.03. The minimum atomic E-state index is -0.951. The van der Waals surface area contributed by atoms with Crippen LogP contribution in [0.1, 0.15) is 17.5 Å². The van der Waals surface area contributed by atoms with E-state index in [0.717, 1.165) is 11.1 Å². The fraction of sp³-hybridized carbons (Fsp3) is 0.375. The quantitative estimate of drug-likeness (QED) is 0.311. The van der Waals surface area contributed by atoms with Gasteiger partial charge in [-0.3, -0.25) is 19.3 Å². The second kappa shape index (κ2) is 9.94. The number of nitrogens with one attached hydrogen (secondary N) is 1. The minimum absolute atomic E-state index is 0.228. The number of hydrogen-bond acceptors (Lipinski definition) is 5. The van der Waals surface area contributed by atoms with Crippen LogP contribution < -0.4 is 11.1 Å². The number of ketones is 1. The summed E-state index contributed by atoms with van der Waals surface area (Å²) in [6.07, 6.45) is -0.487. The van der Waals surface area contributed by atoms with E-state index >= 15 is 0 Å². The van der Waals surface area contributed by atoms with Crippen LogP contribution in [-0.4, -0.2) is 52.4 Å². The van der Waals surface area contributed by atoms with Crippen LogP contribution in [0.3, 0.4) is 0 Å². The number of β-lactam (4-membered cyclic amide) rings is 1. The van der Waals surface area contributed by atoms with Crippen LogP contribution in [0.5, 0.6) is 0 Å². The van der Waals surface area contributed by atoms with E-state index in [-0.39, 0.29) is 30.1 Å². The first-order valence-corrected chi connectivity index (χ1v) is 11.8. The number of hydrogen-bond donors (Lipinski definition) is 2. The molecule has 3 N–H and O–H groups in total. The Labute approximate surface area is 195 Å². The molecule has 4 rings (SSSR count). The number of benzene rings is 2. The molecular formula is C24H26BrN3O4. The summed E-state index contributed by atoms with van der Waals surface area (Å²) >= 11 is 3.33. The van der Waals surface area contributed by atoms with E-state index in [0.29, 0.717) is 18.2 Å². The highest BCUT2D eigenvalue weighted by atomic mass is 79.9. The van der Waals surface area contributed by atoms with E-state index in [1.807, 2.05) is 60.7 Å². The SMILES string of the molecule is NC1C(CBr)O[C@H]2[C@@H](C(=O)[C@H](Cc3ccccc3)NC(=O)CCc3ccccc3)C(=O)N12. The highest BCUT2D eigenvalue weighted by Gasteiger charge is 2.61. The molecular weight excluding hydrogens is 474 g/mol. The van der Waals surface area contributed by atoms with Crippen molar-refractivity contribution in [3.05, 3.63) is 71.8 Å². The number of amides is 2. The largest absolute Gasteiger partial charge is 0.349 e. The number of fused-ring (bicyclic) bond motifs is 1. The lowest BCUT2D eigenvalue weighted by atomic mass is 9.85. The normalized spacial score (nSPS) is 25.1. The topological polar surface area (TPSA) is 102 Å². The lowest BCUT2D eigenvalue weighted by Crippen LogP contribution is -2.67. The zero-order valence-electron chi connectivity index (χ0n) is 17.5. The van der Waals surface area contributed by atoms with E-state index in [1.165, 1.54) is 4.90 Å². The summed E-state index contributed by atoms with van der Waals surface area (Å²) in [5.41, 5.74) is 8.02. The van der Waals surface area contributed by atoms with Gasteiger partial charge in [0.25, 0.3) is 0 Å². The number of carbonyl (C=O) groups is 3. The fourth-order valence-corrected chi connectivity index (χ4v) is 4.77. The molecule has 2 saturated heterocycles. The Morgan fingerprint density at radius 3 is 2.31 bits per heavy atom. The molecule has 2 aliphatic heterocycles. The van der Waals surface area contributed by atoms with Gasteiger partial charge in [-0.25, -0.2) is 0 Å². The molecule has 2 aromatic carbocycles. The Bertz CT molecular complexity index is 972. The highest BCUT2D eigenvalue weighted by Crippen LogP contribution is 2.38. The zero-order chi connectivity index (χ0) is 22.7. The summed E-state index contributed by atoms with van der Waals surface area (Å²) in [4.78, 5) is 40.2. The highest BCUT2D eigenvalue weighted by molar-refractivity contribution is 9.09.